The maximum atomic E-state index is 5.82. The van der Waals surface area contributed by atoms with Crippen molar-refractivity contribution in [2.24, 2.45) is 5.73 Å². The van der Waals surface area contributed by atoms with Crippen molar-refractivity contribution < 1.29 is 4.52 Å². The Hall–Kier alpha value is -0.950. The first-order valence-electron chi connectivity index (χ1n) is 5.06. The molecular weight excluding hydrogens is 317 g/mol. The lowest BCUT2D eigenvalue weighted by Gasteiger charge is -1.99. The minimum Gasteiger partial charge on any atom is -0.334 e. The zero-order valence-corrected chi connectivity index (χ0v) is 11.0. The van der Waals surface area contributed by atoms with Crippen LogP contribution in [0.15, 0.2) is 28.8 Å². The predicted molar refractivity (Wildman–Crippen MR) is 69.7 cm³/mol. The van der Waals surface area contributed by atoms with E-state index >= 15 is 0 Å². The Morgan fingerprint density at radius 1 is 1.38 bits per heavy atom. The van der Waals surface area contributed by atoms with E-state index in [1.54, 1.807) is 0 Å². The van der Waals surface area contributed by atoms with E-state index in [2.05, 4.69) is 32.7 Å². The Bertz CT molecular complexity index is 466. The topological polar surface area (TPSA) is 64.9 Å². The van der Waals surface area contributed by atoms with Crippen LogP contribution in [0, 0.1) is 3.57 Å². The van der Waals surface area contributed by atoms with Crippen LogP contribution in [0.1, 0.15) is 25.2 Å². The standard InChI is InChI=1S/C11H12IN3O/c1-2-9(13)10-14-11(16-15-10)7-3-5-8(12)6-4-7/h3-6,9H,2,13H2,1H3. The Labute approximate surface area is 107 Å². The molecule has 0 aliphatic rings. The van der Waals surface area contributed by atoms with E-state index in [9.17, 15) is 0 Å². The third-order valence-electron chi connectivity index (χ3n) is 2.30. The highest BCUT2D eigenvalue weighted by molar-refractivity contribution is 14.1. The van der Waals surface area contributed by atoms with Gasteiger partial charge in [0, 0.05) is 9.13 Å². The summed E-state index contributed by atoms with van der Waals surface area (Å²) in [5.74, 6) is 1.09. The molecule has 4 nitrogen and oxygen atoms in total. The molecule has 2 N–H and O–H groups in total. The van der Waals surface area contributed by atoms with Crippen molar-refractivity contribution in [1.29, 1.82) is 0 Å². The molecule has 0 saturated carbocycles. The lowest BCUT2D eigenvalue weighted by Crippen LogP contribution is -2.10. The van der Waals surface area contributed by atoms with Gasteiger partial charge >= 0.3 is 0 Å². The molecule has 1 unspecified atom stereocenters. The summed E-state index contributed by atoms with van der Waals surface area (Å²) in [7, 11) is 0. The van der Waals surface area contributed by atoms with Gasteiger partial charge in [0.15, 0.2) is 5.82 Å². The zero-order chi connectivity index (χ0) is 11.5. The normalized spacial score (nSPS) is 12.7. The van der Waals surface area contributed by atoms with Gasteiger partial charge in [0.25, 0.3) is 5.89 Å². The quantitative estimate of drug-likeness (QED) is 0.880. The molecule has 2 aromatic rings. The molecule has 5 heteroatoms. The summed E-state index contributed by atoms with van der Waals surface area (Å²) in [6.45, 7) is 1.99. The number of nitrogens with zero attached hydrogens (tertiary/aromatic N) is 2. The average Bonchev–Trinajstić information content (AvgIpc) is 2.78. The largest absolute Gasteiger partial charge is 0.334 e. The number of nitrogens with two attached hydrogens (primary N) is 1. The number of benzene rings is 1. The van der Waals surface area contributed by atoms with Crippen molar-refractivity contribution in [2.45, 2.75) is 19.4 Å². The van der Waals surface area contributed by atoms with Crippen LogP contribution in [0.3, 0.4) is 0 Å². The van der Waals surface area contributed by atoms with E-state index in [-0.39, 0.29) is 6.04 Å². The third kappa shape index (κ3) is 2.41. The monoisotopic (exact) mass is 329 g/mol. The van der Waals surface area contributed by atoms with E-state index in [1.807, 2.05) is 31.2 Å². The summed E-state index contributed by atoms with van der Waals surface area (Å²) in [5.41, 5.74) is 6.74. The number of hydrogen-bond acceptors (Lipinski definition) is 4. The number of halogens is 1. The SMILES string of the molecule is CCC(N)c1noc(-c2ccc(I)cc2)n1. The van der Waals surface area contributed by atoms with Crippen LogP contribution in [0.25, 0.3) is 11.5 Å². The first-order valence-corrected chi connectivity index (χ1v) is 6.13. The Morgan fingerprint density at radius 2 is 2.06 bits per heavy atom. The summed E-state index contributed by atoms with van der Waals surface area (Å²) in [4.78, 5) is 4.28. The van der Waals surface area contributed by atoms with E-state index in [1.165, 1.54) is 3.57 Å². The van der Waals surface area contributed by atoms with Crippen LogP contribution in [0.4, 0.5) is 0 Å². The molecule has 1 atom stereocenters. The molecule has 0 saturated heterocycles. The minimum atomic E-state index is -0.152. The molecule has 0 bridgehead atoms. The second-order valence-corrected chi connectivity index (χ2v) is 4.72. The third-order valence-corrected chi connectivity index (χ3v) is 3.02. The maximum absolute atomic E-state index is 5.82. The van der Waals surface area contributed by atoms with Crippen LogP contribution in [0.2, 0.25) is 0 Å². The van der Waals surface area contributed by atoms with Gasteiger partial charge in [-0.1, -0.05) is 12.1 Å². The summed E-state index contributed by atoms with van der Waals surface area (Å²) in [5, 5.41) is 3.87. The molecule has 16 heavy (non-hydrogen) atoms. The highest BCUT2D eigenvalue weighted by atomic mass is 127. The van der Waals surface area contributed by atoms with Crippen molar-refractivity contribution in [1.82, 2.24) is 10.1 Å². The van der Waals surface area contributed by atoms with Gasteiger partial charge in [-0.15, -0.1) is 0 Å². The predicted octanol–water partition coefficient (Wildman–Crippen LogP) is 2.75. The van der Waals surface area contributed by atoms with Gasteiger partial charge in [-0.2, -0.15) is 4.98 Å². The van der Waals surface area contributed by atoms with Gasteiger partial charge in [0.05, 0.1) is 6.04 Å². The Balaban J connectivity index is 2.28. The van der Waals surface area contributed by atoms with Crippen LogP contribution >= 0.6 is 22.6 Å². The van der Waals surface area contributed by atoms with Gasteiger partial charge in [-0.25, -0.2) is 0 Å². The lowest BCUT2D eigenvalue weighted by atomic mass is 10.2. The number of aromatic nitrogens is 2. The number of rotatable bonds is 3. The molecule has 0 fully saturated rings. The molecule has 2 rings (SSSR count). The van der Waals surface area contributed by atoms with Crippen molar-refractivity contribution >= 4 is 22.6 Å². The zero-order valence-electron chi connectivity index (χ0n) is 8.85. The molecule has 0 aliphatic heterocycles. The van der Waals surface area contributed by atoms with E-state index in [4.69, 9.17) is 10.3 Å². The summed E-state index contributed by atoms with van der Waals surface area (Å²) >= 11 is 2.25. The minimum absolute atomic E-state index is 0.152. The van der Waals surface area contributed by atoms with E-state index in [0.717, 1.165) is 12.0 Å². The van der Waals surface area contributed by atoms with Crippen LogP contribution in [-0.2, 0) is 0 Å². The Morgan fingerprint density at radius 3 is 2.69 bits per heavy atom. The molecule has 0 amide bonds. The fourth-order valence-electron chi connectivity index (χ4n) is 1.28. The van der Waals surface area contributed by atoms with Crippen molar-refractivity contribution in [3.63, 3.8) is 0 Å². The number of hydrogen-bond donors (Lipinski definition) is 1. The van der Waals surface area contributed by atoms with E-state index in [0.29, 0.717) is 11.7 Å². The molecule has 84 valence electrons. The second kappa shape index (κ2) is 4.92. The highest BCUT2D eigenvalue weighted by Gasteiger charge is 2.13. The molecule has 1 aromatic carbocycles. The van der Waals surface area contributed by atoms with Crippen molar-refractivity contribution in [3.05, 3.63) is 33.7 Å². The van der Waals surface area contributed by atoms with Gasteiger partial charge < -0.3 is 10.3 Å². The summed E-state index contributed by atoms with van der Waals surface area (Å²) in [6, 6.07) is 7.76. The van der Waals surface area contributed by atoms with Crippen LogP contribution in [-0.4, -0.2) is 10.1 Å². The molecule has 1 aromatic heterocycles. The van der Waals surface area contributed by atoms with Gasteiger partial charge in [-0.05, 0) is 53.3 Å². The van der Waals surface area contributed by atoms with Crippen molar-refractivity contribution in [2.75, 3.05) is 0 Å². The lowest BCUT2D eigenvalue weighted by molar-refractivity contribution is 0.415. The first-order chi connectivity index (χ1) is 7.70. The fourth-order valence-corrected chi connectivity index (χ4v) is 1.64. The molecule has 0 aliphatic carbocycles. The van der Waals surface area contributed by atoms with Crippen molar-refractivity contribution in [3.8, 4) is 11.5 Å². The average molecular weight is 329 g/mol. The fraction of sp³-hybridized carbons (Fsp3) is 0.273. The summed E-state index contributed by atoms with van der Waals surface area (Å²) in [6.07, 6.45) is 0.797. The second-order valence-electron chi connectivity index (χ2n) is 3.48. The first kappa shape index (κ1) is 11.5. The van der Waals surface area contributed by atoms with Crippen LogP contribution < -0.4 is 5.73 Å². The highest BCUT2D eigenvalue weighted by Crippen LogP contribution is 2.20. The smallest absolute Gasteiger partial charge is 0.257 e. The van der Waals surface area contributed by atoms with Crippen LogP contribution in [0.5, 0.6) is 0 Å². The van der Waals surface area contributed by atoms with Gasteiger partial charge in [0.1, 0.15) is 0 Å². The maximum Gasteiger partial charge on any atom is 0.257 e. The molecule has 0 radical (unpaired) electrons. The molecule has 1 heterocycles. The summed E-state index contributed by atoms with van der Waals surface area (Å²) < 4.78 is 6.34. The van der Waals surface area contributed by atoms with E-state index < -0.39 is 0 Å². The van der Waals surface area contributed by atoms with Gasteiger partial charge in [-0.3, -0.25) is 0 Å². The Kier molecular flexibility index (Phi) is 3.55. The molecular formula is C11H12IN3O. The van der Waals surface area contributed by atoms with Gasteiger partial charge in [0.2, 0.25) is 0 Å². The molecule has 0 spiro atoms.